The molecule has 104 valence electrons. The van der Waals surface area contributed by atoms with E-state index in [1.807, 2.05) is 12.1 Å². The Balaban J connectivity index is 1.84. The number of hydrogen-bond donors (Lipinski definition) is 1. The second kappa shape index (κ2) is 5.42. The topological polar surface area (TPSA) is 59.4 Å². The fourth-order valence-electron chi connectivity index (χ4n) is 2.33. The molecule has 0 saturated heterocycles. The monoisotopic (exact) mass is 309 g/mol. The van der Waals surface area contributed by atoms with Crippen molar-refractivity contribution in [3.8, 4) is 10.9 Å². The quantitative estimate of drug-likeness (QED) is 0.924. The summed E-state index contributed by atoms with van der Waals surface area (Å²) in [5, 5.41) is 9.15. The van der Waals surface area contributed by atoms with Crippen LogP contribution in [0.1, 0.15) is 33.6 Å². The smallest absolute Gasteiger partial charge is 0.349 e. The third-order valence-corrected chi connectivity index (χ3v) is 4.59. The van der Waals surface area contributed by atoms with Crippen LogP contribution in [-0.4, -0.2) is 16.1 Å². The Kier molecular flexibility index (Phi) is 3.63. The van der Waals surface area contributed by atoms with Crippen LogP contribution in [0.3, 0.4) is 0 Å². The van der Waals surface area contributed by atoms with Crippen molar-refractivity contribution in [2.75, 3.05) is 0 Å². The number of aryl methyl sites for hydroxylation is 2. The van der Waals surface area contributed by atoms with E-state index in [4.69, 9.17) is 21.4 Å². The van der Waals surface area contributed by atoms with Gasteiger partial charge in [0.15, 0.2) is 10.0 Å². The Morgan fingerprint density at radius 1 is 1.30 bits per heavy atom. The highest BCUT2D eigenvalue weighted by molar-refractivity contribution is 7.15. The molecule has 1 aromatic carbocycles. The Morgan fingerprint density at radius 3 is 2.75 bits per heavy atom. The number of carboxylic acid groups (broad SMARTS) is 1. The van der Waals surface area contributed by atoms with E-state index in [2.05, 4.69) is 11.1 Å². The predicted molar refractivity (Wildman–Crippen MR) is 77.2 cm³/mol. The zero-order chi connectivity index (χ0) is 14.1. The Morgan fingerprint density at radius 2 is 2.05 bits per heavy atom. The van der Waals surface area contributed by atoms with Crippen molar-refractivity contribution >= 4 is 28.9 Å². The first-order valence-corrected chi connectivity index (χ1v) is 7.52. The van der Waals surface area contributed by atoms with Crippen molar-refractivity contribution in [3.63, 3.8) is 0 Å². The number of benzene rings is 1. The van der Waals surface area contributed by atoms with Gasteiger partial charge in [-0.25, -0.2) is 4.79 Å². The second-order valence-corrected chi connectivity index (χ2v) is 5.96. The maximum atomic E-state index is 10.9. The van der Waals surface area contributed by atoms with Crippen molar-refractivity contribution in [2.24, 2.45) is 0 Å². The minimum Gasteiger partial charge on any atom is -0.477 e. The molecule has 1 aliphatic carbocycles. The van der Waals surface area contributed by atoms with Gasteiger partial charge in [-0.3, -0.25) is 0 Å². The van der Waals surface area contributed by atoms with Gasteiger partial charge in [0.05, 0.1) is 0 Å². The van der Waals surface area contributed by atoms with Crippen LogP contribution in [0, 0.1) is 0 Å². The van der Waals surface area contributed by atoms with Crippen LogP contribution < -0.4 is 4.74 Å². The molecule has 1 heterocycles. The lowest BCUT2D eigenvalue weighted by Crippen LogP contribution is -2.02. The van der Waals surface area contributed by atoms with Gasteiger partial charge in [-0.1, -0.05) is 29.0 Å². The summed E-state index contributed by atoms with van der Waals surface area (Å²) in [5.74, 6) is -0.416. The number of hydrogen-bond acceptors (Lipinski definition) is 4. The third kappa shape index (κ3) is 2.64. The van der Waals surface area contributed by atoms with Crippen LogP contribution in [0.4, 0.5) is 0 Å². The standard InChI is InChI=1S/C14H12ClNO3S/c15-12-11(13(17)18)20-14(16-12)19-10-6-5-8-3-1-2-4-9(8)7-10/h5-7H,1-4H2,(H,17,18). The SMILES string of the molecule is O=C(O)c1sc(Oc2ccc3c(c2)CCCC3)nc1Cl. The van der Waals surface area contributed by atoms with E-state index in [1.54, 1.807) is 0 Å². The van der Waals surface area contributed by atoms with Crippen LogP contribution >= 0.6 is 22.9 Å². The molecule has 6 heteroatoms. The summed E-state index contributed by atoms with van der Waals surface area (Å²) in [4.78, 5) is 14.8. The molecule has 0 saturated carbocycles. The summed E-state index contributed by atoms with van der Waals surface area (Å²) < 4.78 is 5.62. The molecule has 0 fully saturated rings. The van der Waals surface area contributed by atoms with Crippen molar-refractivity contribution in [3.05, 3.63) is 39.4 Å². The molecule has 0 atom stereocenters. The third-order valence-electron chi connectivity index (χ3n) is 3.29. The maximum Gasteiger partial charge on any atom is 0.349 e. The first-order valence-electron chi connectivity index (χ1n) is 6.33. The zero-order valence-corrected chi connectivity index (χ0v) is 12.1. The molecule has 1 aliphatic rings. The number of nitrogens with zero attached hydrogens (tertiary/aromatic N) is 1. The van der Waals surface area contributed by atoms with Crippen LogP contribution in [-0.2, 0) is 12.8 Å². The molecule has 0 aliphatic heterocycles. The molecule has 0 radical (unpaired) electrons. The fourth-order valence-corrected chi connectivity index (χ4v) is 3.32. The Bertz CT molecular complexity index is 668. The van der Waals surface area contributed by atoms with E-state index in [1.165, 1.54) is 24.0 Å². The summed E-state index contributed by atoms with van der Waals surface area (Å²) in [6.45, 7) is 0. The molecule has 1 aromatic heterocycles. The van der Waals surface area contributed by atoms with Gasteiger partial charge < -0.3 is 9.84 Å². The van der Waals surface area contributed by atoms with Crippen molar-refractivity contribution in [1.82, 2.24) is 4.98 Å². The lowest BCUT2D eigenvalue weighted by atomic mass is 9.92. The molecular formula is C14H12ClNO3S. The lowest BCUT2D eigenvalue weighted by Gasteiger charge is -2.16. The average Bonchev–Trinajstić information content (AvgIpc) is 2.79. The highest BCUT2D eigenvalue weighted by atomic mass is 35.5. The molecule has 3 rings (SSSR count). The molecule has 0 spiro atoms. The molecule has 1 N–H and O–H groups in total. The summed E-state index contributed by atoms with van der Waals surface area (Å²) in [6, 6.07) is 5.96. The molecule has 0 bridgehead atoms. The highest BCUT2D eigenvalue weighted by Gasteiger charge is 2.17. The normalized spacial score (nSPS) is 13.8. The molecule has 0 amide bonds. The van der Waals surface area contributed by atoms with Gasteiger partial charge in [0.1, 0.15) is 5.75 Å². The highest BCUT2D eigenvalue weighted by Crippen LogP contribution is 2.33. The molecular weight excluding hydrogens is 298 g/mol. The Labute approximate surface area is 125 Å². The maximum absolute atomic E-state index is 10.9. The first kappa shape index (κ1) is 13.4. The van der Waals surface area contributed by atoms with Gasteiger partial charge in [-0.05, 0) is 48.9 Å². The van der Waals surface area contributed by atoms with E-state index in [0.717, 1.165) is 24.2 Å². The van der Waals surface area contributed by atoms with E-state index in [-0.39, 0.29) is 15.2 Å². The molecule has 2 aromatic rings. The van der Waals surface area contributed by atoms with Gasteiger partial charge in [0.2, 0.25) is 0 Å². The summed E-state index contributed by atoms with van der Waals surface area (Å²) in [6.07, 6.45) is 4.60. The van der Waals surface area contributed by atoms with Crippen molar-refractivity contribution < 1.29 is 14.6 Å². The minimum atomic E-state index is -1.09. The predicted octanol–water partition coefficient (Wildman–Crippen LogP) is 4.17. The van der Waals surface area contributed by atoms with Gasteiger partial charge in [0.25, 0.3) is 5.19 Å². The van der Waals surface area contributed by atoms with Gasteiger partial charge in [0, 0.05) is 0 Å². The average molecular weight is 310 g/mol. The second-order valence-electron chi connectivity index (χ2n) is 4.64. The number of carboxylic acids is 1. The zero-order valence-electron chi connectivity index (χ0n) is 10.6. The van der Waals surface area contributed by atoms with Crippen molar-refractivity contribution in [2.45, 2.75) is 25.7 Å². The fraction of sp³-hybridized carbons (Fsp3) is 0.286. The van der Waals surface area contributed by atoms with Crippen LogP contribution in [0.2, 0.25) is 5.15 Å². The van der Waals surface area contributed by atoms with Gasteiger partial charge in [-0.15, -0.1) is 0 Å². The number of rotatable bonds is 3. The van der Waals surface area contributed by atoms with Crippen molar-refractivity contribution in [1.29, 1.82) is 0 Å². The number of ether oxygens (including phenoxy) is 1. The number of aromatic carboxylic acids is 1. The van der Waals surface area contributed by atoms with Crippen LogP contribution in [0.25, 0.3) is 0 Å². The van der Waals surface area contributed by atoms with E-state index < -0.39 is 5.97 Å². The summed E-state index contributed by atoms with van der Waals surface area (Å²) in [5.41, 5.74) is 2.67. The molecule has 4 nitrogen and oxygen atoms in total. The number of fused-ring (bicyclic) bond motifs is 1. The van der Waals surface area contributed by atoms with Gasteiger partial charge in [-0.2, -0.15) is 4.98 Å². The number of carbonyl (C=O) groups is 1. The van der Waals surface area contributed by atoms with Crippen LogP contribution in [0.15, 0.2) is 18.2 Å². The number of aromatic nitrogens is 1. The number of thiazole rings is 1. The molecule has 0 unspecified atom stereocenters. The Hall–Kier alpha value is -1.59. The number of halogens is 1. The van der Waals surface area contributed by atoms with E-state index >= 15 is 0 Å². The lowest BCUT2D eigenvalue weighted by molar-refractivity contribution is 0.0702. The summed E-state index contributed by atoms with van der Waals surface area (Å²) >= 11 is 6.70. The summed E-state index contributed by atoms with van der Waals surface area (Å²) in [7, 11) is 0. The molecule has 20 heavy (non-hydrogen) atoms. The first-order chi connectivity index (χ1) is 9.63. The van der Waals surface area contributed by atoms with E-state index in [9.17, 15) is 4.79 Å². The van der Waals surface area contributed by atoms with E-state index in [0.29, 0.717) is 5.75 Å². The minimum absolute atomic E-state index is 0.000346. The van der Waals surface area contributed by atoms with Gasteiger partial charge >= 0.3 is 5.97 Å². The largest absolute Gasteiger partial charge is 0.477 e. The van der Waals surface area contributed by atoms with Crippen LogP contribution in [0.5, 0.6) is 10.9 Å².